The molecule has 0 bridgehead atoms. The third-order valence-corrected chi connectivity index (χ3v) is 5.54. The summed E-state index contributed by atoms with van der Waals surface area (Å²) in [6, 6.07) is 33.4. The zero-order chi connectivity index (χ0) is 23.3. The largest absolute Gasteiger partial charge is 0.422 e. The Morgan fingerprint density at radius 2 is 1.32 bits per heavy atom. The number of hydrogen-bond donors (Lipinski definition) is 1. The van der Waals surface area contributed by atoms with Crippen molar-refractivity contribution in [2.75, 3.05) is 0 Å². The molecule has 0 spiro atoms. The molecule has 0 aliphatic carbocycles. The lowest BCUT2D eigenvalue weighted by Crippen LogP contribution is -2.18. The Kier molecular flexibility index (Phi) is 5.82. The van der Waals surface area contributed by atoms with Crippen molar-refractivity contribution in [3.63, 3.8) is 0 Å². The molecule has 5 aromatic rings. The number of amides is 1. The molecule has 0 aromatic heterocycles. The summed E-state index contributed by atoms with van der Waals surface area (Å²) < 4.78 is 5.70. The van der Waals surface area contributed by atoms with E-state index in [1.165, 1.54) is 6.21 Å². The molecule has 0 unspecified atom stereocenters. The number of rotatable bonds is 5. The van der Waals surface area contributed by atoms with Gasteiger partial charge in [-0.2, -0.15) is 5.10 Å². The first kappa shape index (κ1) is 21.1. The van der Waals surface area contributed by atoms with Crippen LogP contribution >= 0.6 is 0 Å². The summed E-state index contributed by atoms with van der Waals surface area (Å²) in [5.74, 6) is -0.433. The maximum atomic E-state index is 12.8. The van der Waals surface area contributed by atoms with Gasteiger partial charge in [-0.05, 0) is 45.8 Å². The molecule has 0 saturated heterocycles. The standard InChI is InChI=1S/C29H20N2O3/c32-28(25-16-8-13-20-9-4-6-14-23(20)25)31-30-19-26-24-15-7-5-10-21(24)17-18-27(26)34-29(33)22-11-2-1-3-12-22/h1-19H,(H,31,32). The smallest absolute Gasteiger partial charge is 0.343 e. The molecule has 1 N–H and O–H groups in total. The Balaban J connectivity index is 1.45. The predicted octanol–water partition coefficient (Wildman–Crippen LogP) is 5.98. The van der Waals surface area contributed by atoms with E-state index in [9.17, 15) is 9.59 Å². The minimum atomic E-state index is -0.467. The fraction of sp³-hybridized carbons (Fsp3) is 0. The van der Waals surface area contributed by atoms with Gasteiger partial charge in [0.15, 0.2) is 0 Å². The fourth-order valence-electron chi connectivity index (χ4n) is 3.87. The quantitative estimate of drug-likeness (QED) is 0.157. The molecule has 0 heterocycles. The van der Waals surface area contributed by atoms with Crippen LogP contribution in [0.15, 0.2) is 114 Å². The molecular formula is C29H20N2O3. The van der Waals surface area contributed by atoms with Crippen LogP contribution in [0.3, 0.4) is 0 Å². The average Bonchev–Trinajstić information content (AvgIpc) is 2.89. The maximum absolute atomic E-state index is 12.8. The Hall–Kier alpha value is -4.77. The van der Waals surface area contributed by atoms with Crippen LogP contribution in [0.4, 0.5) is 0 Å². The molecule has 164 valence electrons. The van der Waals surface area contributed by atoms with Crippen LogP contribution in [-0.2, 0) is 0 Å². The van der Waals surface area contributed by atoms with E-state index in [0.717, 1.165) is 21.5 Å². The maximum Gasteiger partial charge on any atom is 0.343 e. The SMILES string of the molecule is O=C(Oc1ccc2ccccc2c1C=NNC(=O)c1cccc2ccccc12)c1ccccc1. The molecule has 34 heavy (non-hydrogen) atoms. The van der Waals surface area contributed by atoms with Crippen LogP contribution in [0.2, 0.25) is 0 Å². The van der Waals surface area contributed by atoms with Gasteiger partial charge in [0, 0.05) is 11.1 Å². The Bertz CT molecular complexity index is 1540. The lowest BCUT2D eigenvalue weighted by Gasteiger charge is -2.11. The molecule has 5 heteroatoms. The number of fused-ring (bicyclic) bond motifs is 2. The number of carbonyl (C=O) groups excluding carboxylic acids is 2. The van der Waals surface area contributed by atoms with Crippen molar-refractivity contribution < 1.29 is 14.3 Å². The van der Waals surface area contributed by atoms with Crippen LogP contribution in [0, 0.1) is 0 Å². The van der Waals surface area contributed by atoms with E-state index in [-0.39, 0.29) is 5.91 Å². The third kappa shape index (κ3) is 4.27. The van der Waals surface area contributed by atoms with Gasteiger partial charge in [-0.3, -0.25) is 4.79 Å². The normalized spacial score (nSPS) is 11.1. The predicted molar refractivity (Wildman–Crippen MR) is 134 cm³/mol. The van der Waals surface area contributed by atoms with Crippen LogP contribution in [-0.4, -0.2) is 18.1 Å². The fourth-order valence-corrected chi connectivity index (χ4v) is 3.87. The number of esters is 1. The monoisotopic (exact) mass is 444 g/mol. The zero-order valence-corrected chi connectivity index (χ0v) is 18.1. The molecule has 0 atom stereocenters. The summed E-state index contributed by atoms with van der Waals surface area (Å²) in [5.41, 5.74) is 4.18. The molecule has 0 radical (unpaired) electrons. The number of benzene rings is 5. The van der Waals surface area contributed by atoms with Crippen molar-refractivity contribution in [2.24, 2.45) is 5.10 Å². The summed E-state index contributed by atoms with van der Waals surface area (Å²) >= 11 is 0. The first-order chi connectivity index (χ1) is 16.7. The summed E-state index contributed by atoms with van der Waals surface area (Å²) in [4.78, 5) is 25.5. The van der Waals surface area contributed by atoms with Crippen LogP contribution in [0.5, 0.6) is 5.75 Å². The van der Waals surface area contributed by atoms with Crippen molar-refractivity contribution in [3.8, 4) is 5.75 Å². The number of nitrogens with one attached hydrogen (secondary N) is 1. The number of hydrogen-bond acceptors (Lipinski definition) is 4. The second-order valence-electron chi connectivity index (χ2n) is 7.68. The molecule has 0 aliphatic rings. The van der Waals surface area contributed by atoms with E-state index < -0.39 is 5.97 Å². The van der Waals surface area contributed by atoms with Crippen molar-refractivity contribution in [2.45, 2.75) is 0 Å². The van der Waals surface area contributed by atoms with Crippen LogP contribution < -0.4 is 10.2 Å². The second kappa shape index (κ2) is 9.38. The number of nitrogens with zero attached hydrogens (tertiary/aromatic N) is 1. The van der Waals surface area contributed by atoms with E-state index in [4.69, 9.17) is 4.74 Å². The second-order valence-corrected chi connectivity index (χ2v) is 7.68. The molecule has 5 nitrogen and oxygen atoms in total. The van der Waals surface area contributed by atoms with Crippen molar-refractivity contribution in [1.82, 2.24) is 5.43 Å². The molecule has 1 amide bonds. The van der Waals surface area contributed by atoms with Gasteiger partial charge in [-0.15, -0.1) is 0 Å². The van der Waals surface area contributed by atoms with Gasteiger partial charge in [0.25, 0.3) is 5.91 Å². The highest BCUT2D eigenvalue weighted by molar-refractivity contribution is 6.08. The van der Waals surface area contributed by atoms with Gasteiger partial charge in [-0.25, -0.2) is 10.2 Å². The summed E-state index contributed by atoms with van der Waals surface area (Å²) in [6.45, 7) is 0. The van der Waals surface area contributed by atoms with Gasteiger partial charge in [0.1, 0.15) is 5.75 Å². The van der Waals surface area contributed by atoms with Gasteiger partial charge in [0.2, 0.25) is 0 Å². The lowest BCUT2D eigenvalue weighted by molar-refractivity contribution is 0.0734. The number of carbonyl (C=O) groups is 2. The van der Waals surface area contributed by atoms with Gasteiger partial charge < -0.3 is 4.74 Å². The molecular weight excluding hydrogens is 424 g/mol. The number of hydrazone groups is 1. The minimum absolute atomic E-state index is 0.323. The van der Waals surface area contributed by atoms with E-state index in [1.807, 2.05) is 72.8 Å². The highest BCUT2D eigenvalue weighted by atomic mass is 16.5. The Labute approximate surface area is 196 Å². The zero-order valence-electron chi connectivity index (χ0n) is 18.1. The van der Waals surface area contributed by atoms with E-state index >= 15 is 0 Å². The Morgan fingerprint density at radius 3 is 2.12 bits per heavy atom. The molecule has 5 rings (SSSR count). The van der Waals surface area contributed by atoms with E-state index in [2.05, 4.69) is 10.5 Å². The molecule has 0 fully saturated rings. The summed E-state index contributed by atoms with van der Waals surface area (Å²) in [5, 5.41) is 7.84. The van der Waals surface area contributed by atoms with Gasteiger partial charge >= 0.3 is 5.97 Å². The van der Waals surface area contributed by atoms with Gasteiger partial charge in [-0.1, -0.05) is 84.9 Å². The van der Waals surface area contributed by atoms with Crippen molar-refractivity contribution in [1.29, 1.82) is 0 Å². The molecule has 5 aromatic carbocycles. The highest BCUT2D eigenvalue weighted by Crippen LogP contribution is 2.27. The van der Waals surface area contributed by atoms with Gasteiger partial charge in [0.05, 0.1) is 11.8 Å². The van der Waals surface area contributed by atoms with Crippen LogP contribution in [0.1, 0.15) is 26.3 Å². The van der Waals surface area contributed by atoms with E-state index in [1.54, 1.807) is 36.4 Å². The topological polar surface area (TPSA) is 67.8 Å². The minimum Gasteiger partial charge on any atom is -0.422 e. The third-order valence-electron chi connectivity index (χ3n) is 5.54. The first-order valence-electron chi connectivity index (χ1n) is 10.8. The molecule has 0 aliphatic heterocycles. The number of ether oxygens (including phenoxy) is 1. The van der Waals surface area contributed by atoms with Crippen molar-refractivity contribution >= 4 is 39.6 Å². The van der Waals surface area contributed by atoms with Crippen molar-refractivity contribution in [3.05, 3.63) is 126 Å². The summed E-state index contributed by atoms with van der Waals surface area (Å²) in [6.07, 6.45) is 1.51. The lowest BCUT2D eigenvalue weighted by atomic mass is 10.0. The summed E-state index contributed by atoms with van der Waals surface area (Å²) in [7, 11) is 0. The van der Waals surface area contributed by atoms with Crippen LogP contribution in [0.25, 0.3) is 21.5 Å². The Morgan fingerprint density at radius 1 is 0.676 bits per heavy atom. The highest BCUT2D eigenvalue weighted by Gasteiger charge is 2.14. The first-order valence-corrected chi connectivity index (χ1v) is 10.8. The molecule has 0 saturated carbocycles. The van der Waals surface area contributed by atoms with E-state index in [0.29, 0.717) is 22.4 Å². The average molecular weight is 444 g/mol.